The van der Waals surface area contributed by atoms with Crippen molar-refractivity contribution in [3.63, 3.8) is 0 Å². The van der Waals surface area contributed by atoms with Crippen molar-refractivity contribution in [1.29, 1.82) is 0 Å². The molecule has 0 amide bonds. The van der Waals surface area contributed by atoms with E-state index in [1.165, 1.54) is 12.8 Å². The zero-order valence-corrected chi connectivity index (χ0v) is 12.2. The summed E-state index contributed by atoms with van der Waals surface area (Å²) in [6.45, 7) is 6.90. The molecule has 0 radical (unpaired) electrons. The third kappa shape index (κ3) is 3.35. The van der Waals surface area contributed by atoms with Gasteiger partial charge in [-0.1, -0.05) is 13.8 Å². The van der Waals surface area contributed by atoms with Gasteiger partial charge in [0.2, 0.25) is 0 Å². The number of aromatic nitrogens is 2. The smallest absolute Gasteiger partial charge is 0.136 e. The maximum atomic E-state index is 9.31. The van der Waals surface area contributed by atoms with Crippen LogP contribution in [0.3, 0.4) is 0 Å². The molecule has 1 aliphatic rings. The second kappa shape index (κ2) is 5.33. The molecule has 5 nitrogen and oxygen atoms in total. The van der Waals surface area contributed by atoms with Gasteiger partial charge in [0.1, 0.15) is 17.5 Å². The van der Waals surface area contributed by atoms with Crippen molar-refractivity contribution in [2.45, 2.75) is 39.5 Å². The predicted molar refractivity (Wildman–Crippen MR) is 77.6 cm³/mol. The number of nitrogens with one attached hydrogen (secondary N) is 2. The van der Waals surface area contributed by atoms with E-state index in [9.17, 15) is 5.11 Å². The van der Waals surface area contributed by atoms with Crippen LogP contribution in [0.2, 0.25) is 0 Å². The molecule has 0 bridgehead atoms. The highest BCUT2D eigenvalue weighted by molar-refractivity contribution is 5.57. The average Bonchev–Trinajstić information content (AvgIpc) is 3.22. The van der Waals surface area contributed by atoms with Gasteiger partial charge in [-0.25, -0.2) is 9.97 Å². The second-order valence-electron chi connectivity index (χ2n) is 6.10. The third-order valence-corrected chi connectivity index (χ3v) is 3.50. The number of anilines is 2. The second-order valence-corrected chi connectivity index (χ2v) is 6.10. The van der Waals surface area contributed by atoms with E-state index in [4.69, 9.17) is 0 Å². The molecule has 1 aromatic rings. The SMILES string of the molecule is CNc1nc(C2CC2)nc(NCC(C)(C)CO)c1C. The van der Waals surface area contributed by atoms with Crippen molar-refractivity contribution >= 4 is 11.6 Å². The Bertz CT molecular complexity index is 455. The lowest BCUT2D eigenvalue weighted by molar-refractivity contribution is 0.170. The van der Waals surface area contributed by atoms with Crippen molar-refractivity contribution < 1.29 is 5.11 Å². The highest BCUT2D eigenvalue weighted by atomic mass is 16.3. The minimum absolute atomic E-state index is 0.151. The highest BCUT2D eigenvalue weighted by Gasteiger charge is 2.28. The first-order valence-corrected chi connectivity index (χ1v) is 6.88. The number of nitrogens with zero attached hydrogens (tertiary/aromatic N) is 2. The number of aliphatic hydroxyl groups is 1. The number of hydrogen-bond donors (Lipinski definition) is 3. The Morgan fingerprint density at radius 1 is 1.26 bits per heavy atom. The maximum absolute atomic E-state index is 9.31. The molecular formula is C14H24N4O. The van der Waals surface area contributed by atoms with Gasteiger partial charge in [0.25, 0.3) is 0 Å². The molecule has 0 unspecified atom stereocenters. The summed E-state index contributed by atoms with van der Waals surface area (Å²) < 4.78 is 0. The standard InChI is InChI=1S/C14H24N4O/c1-9-11(15-4)17-13(10-5-6-10)18-12(9)16-7-14(2,3)8-19/h10,19H,5-8H2,1-4H3,(H2,15,16,17,18). The Hall–Kier alpha value is -1.36. The van der Waals surface area contributed by atoms with Gasteiger partial charge >= 0.3 is 0 Å². The van der Waals surface area contributed by atoms with Crippen LogP contribution >= 0.6 is 0 Å². The van der Waals surface area contributed by atoms with Crippen LogP contribution in [-0.2, 0) is 0 Å². The van der Waals surface area contributed by atoms with Gasteiger partial charge in [-0.2, -0.15) is 0 Å². The Morgan fingerprint density at radius 2 is 1.89 bits per heavy atom. The van der Waals surface area contributed by atoms with Crippen LogP contribution < -0.4 is 10.6 Å². The molecule has 3 N–H and O–H groups in total. The number of rotatable bonds is 6. The lowest BCUT2D eigenvalue weighted by atomic mass is 9.95. The van der Waals surface area contributed by atoms with Gasteiger partial charge in [0.15, 0.2) is 0 Å². The fourth-order valence-corrected chi connectivity index (χ4v) is 1.85. The molecular weight excluding hydrogens is 240 g/mol. The van der Waals surface area contributed by atoms with Crippen molar-refractivity contribution in [1.82, 2.24) is 9.97 Å². The normalized spacial score (nSPS) is 15.4. The summed E-state index contributed by atoms with van der Waals surface area (Å²) in [6.07, 6.45) is 2.38. The van der Waals surface area contributed by atoms with Crippen molar-refractivity contribution in [3.05, 3.63) is 11.4 Å². The molecule has 106 valence electrons. The minimum atomic E-state index is -0.156. The minimum Gasteiger partial charge on any atom is -0.396 e. The Kier molecular flexibility index (Phi) is 3.94. The van der Waals surface area contributed by atoms with Crippen LogP contribution in [0, 0.1) is 12.3 Å². The van der Waals surface area contributed by atoms with Crippen LogP contribution in [0.15, 0.2) is 0 Å². The van der Waals surface area contributed by atoms with E-state index in [0.29, 0.717) is 12.5 Å². The van der Waals surface area contributed by atoms with Gasteiger partial charge in [-0.3, -0.25) is 0 Å². The van der Waals surface area contributed by atoms with E-state index in [-0.39, 0.29) is 12.0 Å². The molecule has 0 aliphatic heterocycles. The Labute approximate surface area is 114 Å². The number of hydrogen-bond acceptors (Lipinski definition) is 5. The molecule has 2 rings (SSSR count). The van der Waals surface area contributed by atoms with E-state index >= 15 is 0 Å². The van der Waals surface area contributed by atoms with E-state index in [1.54, 1.807) is 0 Å². The zero-order valence-electron chi connectivity index (χ0n) is 12.2. The summed E-state index contributed by atoms with van der Waals surface area (Å²) in [5.41, 5.74) is 0.873. The first-order chi connectivity index (χ1) is 8.96. The molecule has 1 aromatic heterocycles. The summed E-state index contributed by atoms with van der Waals surface area (Å²) in [5, 5.41) is 15.8. The van der Waals surface area contributed by atoms with Gasteiger partial charge < -0.3 is 15.7 Å². The summed E-state index contributed by atoms with van der Waals surface area (Å²) in [4.78, 5) is 9.20. The quantitative estimate of drug-likeness (QED) is 0.734. The molecule has 1 aliphatic carbocycles. The van der Waals surface area contributed by atoms with E-state index in [2.05, 4.69) is 20.6 Å². The Morgan fingerprint density at radius 3 is 2.42 bits per heavy atom. The van der Waals surface area contributed by atoms with Crippen LogP contribution in [0.4, 0.5) is 11.6 Å². The fraction of sp³-hybridized carbons (Fsp3) is 0.714. The van der Waals surface area contributed by atoms with E-state index in [1.807, 2.05) is 27.8 Å². The summed E-state index contributed by atoms with van der Waals surface area (Å²) in [5.74, 6) is 3.22. The van der Waals surface area contributed by atoms with Gasteiger partial charge in [-0.15, -0.1) is 0 Å². The monoisotopic (exact) mass is 264 g/mol. The topological polar surface area (TPSA) is 70.1 Å². The predicted octanol–water partition coefficient (Wildman–Crippen LogP) is 2.13. The highest BCUT2D eigenvalue weighted by Crippen LogP contribution is 2.39. The van der Waals surface area contributed by atoms with Crippen molar-refractivity contribution in [2.75, 3.05) is 30.8 Å². The van der Waals surface area contributed by atoms with Crippen LogP contribution in [0.5, 0.6) is 0 Å². The molecule has 0 saturated heterocycles. The van der Waals surface area contributed by atoms with E-state index < -0.39 is 0 Å². The van der Waals surface area contributed by atoms with Crippen molar-refractivity contribution in [2.24, 2.45) is 5.41 Å². The summed E-state index contributed by atoms with van der Waals surface area (Å²) in [7, 11) is 1.88. The summed E-state index contributed by atoms with van der Waals surface area (Å²) in [6, 6.07) is 0. The molecule has 0 atom stereocenters. The molecule has 19 heavy (non-hydrogen) atoms. The molecule has 1 fully saturated rings. The van der Waals surface area contributed by atoms with Gasteiger partial charge in [0.05, 0.1) is 0 Å². The fourth-order valence-electron chi connectivity index (χ4n) is 1.85. The first kappa shape index (κ1) is 14.1. The first-order valence-electron chi connectivity index (χ1n) is 6.88. The number of aliphatic hydroxyl groups excluding tert-OH is 1. The Balaban J connectivity index is 2.20. The van der Waals surface area contributed by atoms with Gasteiger partial charge in [0, 0.05) is 37.1 Å². The average molecular weight is 264 g/mol. The maximum Gasteiger partial charge on any atom is 0.136 e. The zero-order chi connectivity index (χ0) is 14.0. The summed E-state index contributed by atoms with van der Waals surface area (Å²) >= 11 is 0. The third-order valence-electron chi connectivity index (χ3n) is 3.50. The molecule has 5 heteroatoms. The van der Waals surface area contributed by atoms with Crippen molar-refractivity contribution in [3.8, 4) is 0 Å². The van der Waals surface area contributed by atoms with E-state index in [0.717, 1.165) is 23.0 Å². The molecule has 0 spiro atoms. The molecule has 0 aromatic carbocycles. The van der Waals surface area contributed by atoms with Gasteiger partial charge in [-0.05, 0) is 19.8 Å². The molecule has 1 heterocycles. The lowest BCUT2D eigenvalue weighted by Crippen LogP contribution is -2.27. The largest absolute Gasteiger partial charge is 0.396 e. The van der Waals surface area contributed by atoms with Crippen LogP contribution in [-0.4, -0.2) is 35.3 Å². The molecule has 1 saturated carbocycles. The lowest BCUT2D eigenvalue weighted by Gasteiger charge is -2.23. The van der Waals surface area contributed by atoms with Crippen LogP contribution in [0.25, 0.3) is 0 Å². The van der Waals surface area contributed by atoms with Crippen LogP contribution in [0.1, 0.15) is 44.0 Å².